The Hall–Kier alpha value is -1.06. The van der Waals surface area contributed by atoms with Crippen LogP contribution in [0, 0.1) is 5.92 Å². The zero-order valence-electron chi connectivity index (χ0n) is 10.6. The highest BCUT2D eigenvalue weighted by atomic mass is 16.7. The summed E-state index contributed by atoms with van der Waals surface area (Å²) in [5, 5.41) is 4.03. The molecule has 0 aromatic carbocycles. The highest BCUT2D eigenvalue weighted by molar-refractivity contribution is 5.94. The van der Waals surface area contributed by atoms with E-state index in [1.54, 1.807) is 6.92 Å². The molecule has 1 atom stereocenters. The van der Waals surface area contributed by atoms with Crippen molar-refractivity contribution in [2.75, 3.05) is 6.61 Å². The molecule has 0 aliphatic carbocycles. The first-order chi connectivity index (χ1) is 7.55. The number of nitrogens with zero attached hydrogens (tertiary/aromatic N) is 1. The zero-order chi connectivity index (χ0) is 12.2. The summed E-state index contributed by atoms with van der Waals surface area (Å²) in [6.07, 6.45) is 2.10. The van der Waals surface area contributed by atoms with Gasteiger partial charge in [0.2, 0.25) is 5.60 Å². The first-order valence-electron chi connectivity index (χ1n) is 5.98. The highest BCUT2D eigenvalue weighted by Crippen LogP contribution is 2.32. The average molecular weight is 227 g/mol. The van der Waals surface area contributed by atoms with Gasteiger partial charge in [-0.2, -0.15) is 0 Å². The molecule has 0 aromatic rings. The molecule has 0 amide bonds. The van der Waals surface area contributed by atoms with Crippen molar-refractivity contribution in [3.05, 3.63) is 0 Å². The van der Waals surface area contributed by atoms with Gasteiger partial charge < -0.3 is 9.57 Å². The van der Waals surface area contributed by atoms with Gasteiger partial charge in [0.1, 0.15) is 0 Å². The van der Waals surface area contributed by atoms with Gasteiger partial charge in [0, 0.05) is 12.8 Å². The van der Waals surface area contributed by atoms with Crippen molar-refractivity contribution >= 4 is 11.7 Å². The third kappa shape index (κ3) is 2.54. The van der Waals surface area contributed by atoms with Crippen molar-refractivity contribution in [2.24, 2.45) is 11.1 Å². The molecular formula is C12H21NO3. The van der Waals surface area contributed by atoms with Crippen LogP contribution in [-0.4, -0.2) is 23.9 Å². The lowest BCUT2D eigenvalue weighted by atomic mass is 9.89. The Balaban J connectivity index is 2.75. The SMILES string of the molecule is CCCC1(C(=O)OCC)CC(C(C)C)=NO1. The number of rotatable bonds is 5. The van der Waals surface area contributed by atoms with Crippen LogP contribution in [0.25, 0.3) is 0 Å². The predicted octanol–water partition coefficient (Wildman–Crippen LogP) is 2.52. The Morgan fingerprint density at radius 3 is 2.69 bits per heavy atom. The molecule has 0 spiro atoms. The van der Waals surface area contributed by atoms with Crippen LogP contribution < -0.4 is 0 Å². The lowest BCUT2D eigenvalue weighted by Crippen LogP contribution is -2.40. The van der Waals surface area contributed by atoms with Crippen LogP contribution in [-0.2, 0) is 14.4 Å². The molecule has 92 valence electrons. The van der Waals surface area contributed by atoms with Gasteiger partial charge >= 0.3 is 5.97 Å². The summed E-state index contributed by atoms with van der Waals surface area (Å²) >= 11 is 0. The lowest BCUT2D eigenvalue weighted by molar-refractivity contribution is -0.170. The Labute approximate surface area is 97.0 Å². The van der Waals surface area contributed by atoms with Gasteiger partial charge in [-0.25, -0.2) is 4.79 Å². The Morgan fingerprint density at radius 1 is 1.56 bits per heavy atom. The monoisotopic (exact) mass is 227 g/mol. The maximum absolute atomic E-state index is 11.9. The van der Waals surface area contributed by atoms with E-state index in [1.165, 1.54) is 0 Å². The van der Waals surface area contributed by atoms with Crippen LogP contribution in [0.1, 0.15) is 47.0 Å². The fraction of sp³-hybridized carbons (Fsp3) is 0.833. The molecule has 0 bridgehead atoms. The van der Waals surface area contributed by atoms with E-state index in [1.807, 2.05) is 6.92 Å². The molecular weight excluding hydrogens is 206 g/mol. The second-order valence-corrected chi connectivity index (χ2v) is 4.47. The molecule has 1 rings (SSSR count). The summed E-state index contributed by atoms with van der Waals surface area (Å²) in [6, 6.07) is 0. The van der Waals surface area contributed by atoms with E-state index in [4.69, 9.17) is 9.57 Å². The summed E-state index contributed by atoms with van der Waals surface area (Å²) in [5.41, 5.74) is 0.0891. The number of ether oxygens (including phenoxy) is 1. The zero-order valence-corrected chi connectivity index (χ0v) is 10.6. The van der Waals surface area contributed by atoms with E-state index >= 15 is 0 Å². The molecule has 1 aliphatic rings. The van der Waals surface area contributed by atoms with E-state index in [9.17, 15) is 4.79 Å². The number of carbonyl (C=O) groups is 1. The first kappa shape index (κ1) is 13.0. The van der Waals surface area contributed by atoms with Crippen LogP contribution in [0.15, 0.2) is 5.16 Å². The first-order valence-corrected chi connectivity index (χ1v) is 5.98. The normalized spacial score (nSPS) is 24.2. The molecule has 16 heavy (non-hydrogen) atoms. The fourth-order valence-corrected chi connectivity index (χ4v) is 1.82. The minimum Gasteiger partial charge on any atom is -0.463 e. The summed E-state index contributed by atoms with van der Waals surface area (Å²) < 4.78 is 5.07. The summed E-state index contributed by atoms with van der Waals surface area (Å²) in [7, 11) is 0. The molecule has 0 saturated heterocycles. The molecule has 4 nitrogen and oxygen atoms in total. The second kappa shape index (κ2) is 5.32. The van der Waals surface area contributed by atoms with Crippen molar-refractivity contribution < 1.29 is 14.4 Å². The Morgan fingerprint density at radius 2 is 2.25 bits per heavy atom. The lowest BCUT2D eigenvalue weighted by Gasteiger charge is -2.23. The van der Waals surface area contributed by atoms with Gasteiger partial charge in [-0.3, -0.25) is 0 Å². The standard InChI is InChI=1S/C12H21NO3/c1-5-7-12(11(14)15-6-2)8-10(9(3)4)13-16-12/h9H,5-8H2,1-4H3. The summed E-state index contributed by atoms with van der Waals surface area (Å²) in [4.78, 5) is 17.3. The van der Waals surface area contributed by atoms with Crippen molar-refractivity contribution in [3.8, 4) is 0 Å². The number of carbonyl (C=O) groups excluding carboxylic acids is 1. The fourth-order valence-electron chi connectivity index (χ4n) is 1.82. The molecule has 1 unspecified atom stereocenters. The topological polar surface area (TPSA) is 47.9 Å². The maximum atomic E-state index is 11.9. The molecule has 1 heterocycles. The summed E-state index contributed by atoms with van der Waals surface area (Å²) in [6.45, 7) is 8.31. The van der Waals surface area contributed by atoms with E-state index in [0.717, 1.165) is 12.1 Å². The molecule has 0 N–H and O–H groups in total. The Bertz CT molecular complexity index is 286. The van der Waals surface area contributed by atoms with Gasteiger partial charge in [0.25, 0.3) is 0 Å². The van der Waals surface area contributed by atoms with Gasteiger partial charge in [-0.05, 0) is 12.8 Å². The van der Waals surface area contributed by atoms with Crippen LogP contribution in [0.3, 0.4) is 0 Å². The smallest absolute Gasteiger partial charge is 0.353 e. The van der Waals surface area contributed by atoms with Gasteiger partial charge in [-0.15, -0.1) is 0 Å². The highest BCUT2D eigenvalue weighted by Gasteiger charge is 2.47. The largest absolute Gasteiger partial charge is 0.463 e. The van der Waals surface area contributed by atoms with E-state index in [-0.39, 0.29) is 5.97 Å². The average Bonchev–Trinajstić information content (AvgIpc) is 2.64. The van der Waals surface area contributed by atoms with Crippen molar-refractivity contribution in [3.63, 3.8) is 0 Å². The molecule has 0 aromatic heterocycles. The summed E-state index contributed by atoms with van der Waals surface area (Å²) in [5.74, 6) is 0.0319. The number of hydrogen-bond acceptors (Lipinski definition) is 4. The van der Waals surface area contributed by atoms with Crippen LogP contribution >= 0.6 is 0 Å². The second-order valence-electron chi connectivity index (χ2n) is 4.47. The van der Waals surface area contributed by atoms with Gasteiger partial charge in [0.15, 0.2) is 0 Å². The van der Waals surface area contributed by atoms with Crippen LogP contribution in [0.4, 0.5) is 0 Å². The number of hydrogen-bond donors (Lipinski definition) is 0. The number of esters is 1. The van der Waals surface area contributed by atoms with Crippen LogP contribution in [0.5, 0.6) is 0 Å². The van der Waals surface area contributed by atoms with E-state index < -0.39 is 5.60 Å². The molecule has 4 heteroatoms. The molecule has 1 aliphatic heterocycles. The maximum Gasteiger partial charge on any atom is 0.353 e. The minimum absolute atomic E-state index is 0.281. The van der Waals surface area contributed by atoms with Gasteiger partial charge in [0.05, 0.1) is 12.3 Å². The third-order valence-corrected chi connectivity index (χ3v) is 2.77. The minimum atomic E-state index is -0.857. The molecule has 0 fully saturated rings. The van der Waals surface area contributed by atoms with E-state index in [2.05, 4.69) is 19.0 Å². The quantitative estimate of drug-likeness (QED) is 0.678. The third-order valence-electron chi connectivity index (χ3n) is 2.77. The van der Waals surface area contributed by atoms with Crippen LogP contribution in [0.2, 0.25) is 0 Å². The Kier molecular flexibility index (Phi) is 4.33. The number of oxime groups is 1. The van der Waals surface area contributed by atoms with Gasteiger partial charge in [-0.1, -0.05) is 32.3 Å². The van der Waals surface area contributed by atoms with Crippen molar-refractivity contribution in [1.29, 1.82) is 0 Å². The van der Waals surface area contributed by atoms with Crippen molar-refractivity contribution in [1.82, 2.24) is 0 Å². The van der Waals surface area contributed by atoms with Crippen molar-refractivity contribution in [2.45, 2.75) is 52.6 Å². The van der Waals surface area contributed by atoms with E-state index in [0.29, 0.717) is 25.4 Å². The predicted molar refractivity (Wildman–Crippen MR) is 62.2 cm³/mol. The molecule has 0 saturated carbocycles. The molecule has 0 radical (unpaired) electrons.